The molecule has 12 heteroatoms. The smallest absolute Gasteiger partial charge is 0.469 e. The Balaban J connectivity index is 2.32. The van der Waals surface area contributed by atoms with E-state index in [1.54, 1.807) is 0 Å². The summed E-state index contributed by atoms with van der Waals surface area (Å²) in [4.78, 5) is 11.4. The van der Waals surface area contributed by atoms with E-state index in [0.717, 1.165) is 31.4 Å². The summed E-state index contributed by atoms with van der Waals surface area (Å²) < 4.78 is 72.6. The van der Waals surface area contributed by atoms with Gasteiger partial charge in [0, 0.05) is 10.0 Å². The van der Waals surface area contributed by atoms with E-state index in [1.165, 1.54) is 18.2 Å². The van der Waals surface area contributed by atoms with Gasteiger partial charge in [0.05, 0.1) is 24.5 Å². The maximum atomic E-state index is 12.7. The molecule has 0 aromatic heterocycles. The molecule has 0 heterocycles. The topological polar surface area (TPSA) is 81.7 Å². The summed E-state index contributed by atoms with van der Waals surface area (Å²) in [6, 6.07) is 6.76. The molecule has 0 aliphatic carbocycles. The predicted octanol–water partition coefficient (Wildman–Crippen LogP) is 4.47. The summed E-state index contributed by atoms with van der Waals surface area (Å²) in [5.74, 6) is -1.29. The van der Waals surface area contributed by atoms with Crippen molar-refractivity contribution in [3.8, 4) is 5.75 Å². The Labute approximate surface area is 174 Å². The first-order valence-electron chi connectivity index (χ1n) is 7.80. The molecule has 158 valence electrons. The maximum absolute atomic E-state index is 12.7. The minimum absolute atomic E-state index is 0.218. The van der Waals surface area contributed by atoms with E-state index < -0.39 is 34.1 Å². The van der Waals surface area contributed by atoms with E-state index >= 15 is 0 Å². The lowest BCUT2D eigenvalue weighted by Gasteiger charge is -2.19. The zero-order valence-corrected chi connectivity index (χ0v) is 17.0. The third kappa shape index (κ3) is 7.07. The van der Waals surface area contributed by atoms with Crippen LogP contribution in [0.15, 0.2) is 47.4 Å². The van der Waals surface area contributed by atoms with Crippen molar-refractivity contribution in [1.29, 1.82) is 0 Å². The van der Waals surface area contributed by atoms with Crippen molar-refractivity contribution in [3.63, 3.8) is 0 Å². The molecule has 2 aromatic carbocycles. The van der Waals surface area contributed by atoms with Crippen LogP contribution in [-0.2, 0) is 19.6 Å². The second-order valence-electron chi connectivity index (χ2n) is 5.68. The number of halogens is 5. The van der Waals surface area contributed by atoms with Crippen LogP contribution in [0, 0.1) is 0 Å². The van der Waals surface area contributed by atoms with Crippen LogP contribution in [0.1, 0.15) is 18.0 Å². The van der Waals surface area contributed by atoms with Gasteiger partial charge in [-0.2, -0.15) is 0 Å². The monoisotopic (exact) mass is 471 g/mol. The highest BCUT2D eigenvalue weighted by Gasteiger charge is 2.31. The van der Waals surface area contributed by atoms with Crippen molar-refractivity contribution < 1.29 is 35.9 Å². The molecule has 0 unspecified atom stereocenters. The fourth-order valence-electron chi connectivity index (χ4n) is 2.33. The number of benzene rings is 2. The Hall–Kier alpha value is -2.01. The molecule has 2 rings (SSSR count). The summed E-state index contributed by atoms with van der Waals surface area (Å²) in [7, 11) is -3.09. The number of methoxy groups -OCH3 is 1. The highest BCUT2D eigenvalue weighted by molar-refractivity contribution is 7.89. The fourth-order valence-corrected chi connectivity index (χ4v) is 4.10. The molecule has 0 radical (unpaired) electrons. The van der Waals surface area contributed by atoms with Crippen LogP contribution >= 0.6 is 23.2 Å². The van der Waals surface area contributed by atoms with Gasteiger partial charge in [0.1, 0.15) is 5.75 Å². The molecule has 29 heavy (non-hydrogen) atoms. The summed E-state index contributed by atoms with van der Waals surface area (Å²) in [5, 5.41) is 0.436. The zero-order valence-electron chi connectivity index (χ0n) is 14.7. The Morgan fingerprint density at radius 3 is 2.14 bits per heavy atom. The third-order valence-corrected chi connectivity index (χ3v) is 5.47. The van der Waals surface area contributed by atoms with Crippen LogP contribution < -0.4 is 9.46 Å². The third-order valence-electron chi connectivity index (χ3n) is 3.55. The number of nitrogens with one attached hydrogen (secondary N) is 1. The van der Waals surface area contributed by atoms with E-state index in [9.17, 15) is 26.4 Å². The van der Waals surface area contributed by atoms with Gasteiger partial charge in [-0.05, 0) is 48.0 Å². The Morgan fingerprint density at radius 2 is 1.66 bits per heavy atom. The van der Waals surface area contributed by atoms with Crippen molar-refractivity contribution in [3.05, 3.63) is 58.1 Å². The summed E-state index contributed by atoms with van der Waals surface area (Å²) >= 11 is 11.9. The van der Waals surface area contributed by atoms with Crippen LogP contribution in [0.5, 0.6) is 5.75 Å². The highest BCUT2D eigenvalue weighted by atomic mass is 35.5. The van der Waals surface area contributed by atoms with Gasteiger partial charge >= 0.3 is 12.3 Å². The standard InChI is InChI=1S/C17H14Cl2F3NO5S/c1-27-16(24)9-15(10-6-11(18)8-12(19)7-10)23-29(25,26)14-4-2-13(3-5-14)28-17(20,21)22/h2-8,15,23H,9H2,1H3/t15-/m0/s1. The molecular formula is C17H14Cl2F3NO5S. The number of hydrogen-bond acceptors (Lipinski definition) is 5. The van der Waals surface area contributed by atoms with Crippen LogP contribution in [0.3, 0.4) is 0 Å². The first-order valence-corrected chi connectivity index (χ1v) is 10.0. The summed E-state index contributed by atoms with van der Waals surface area (Å²) in [5.41, 5.74) is 0.300. The quantitative estimate of drug-likeness (QED) is 0.602. The number of hydrogen-bond donors (Lipinski definition) is 1. The average molecular weight is 472 g/mol. The number of ether oxygens (including phenoxy) is 2. The van der Waals surface area contributed by atoms with E-state index in [4.69, 9.17) is 23.2 Å². The molecule has 0 spiro atoms. The summed E-state index contributed by atoms with van der Waals surface area (Å²) in [6.45, 7) is 0. The number of rotatable bonds is 7. The predicted molar refractivity (Wildman–Crippen MR) is 99.3 cm³/mol. The largest absolute Gasteiger partial charge is 0.573 e. The Kier molecular flexibility index (Phi) is 7.39. The minimum Gasteiger partial charge on any atom is -0.469 e. The molecule has 0 amide bonds. The molecule has 2 aromatic rings. The number of alkyl halides is 3. The molecule has 0 aliphatic heterocycles. The van der Waals surface area contributed by atoms with Gasteiger partial charge in [-0.1, -0.05) is 23.2 Å². The lowest BCUT2D eigenvalue weighted by Crippen LogP contribution is -2.30. The normalized spacial score (nSPS) is 13.0. The van der Waals surface area contributed by atoms with E-state index in [0.29, 0.717) is 5.56 Å². The van der Waals surface area contributed by atoms with E-state index in [1.807, 2.05) is 0 Å². The average Bonchev–Trinajstić information content (AvgIpc) is 2.59. The van der Waals surface area contributed by atoms with E-state index in [2.05, 4.69) is 14.2 Å². The number of carbonyl (C=O) groups excluding carboxylic acids is 1. The molecule has 1 atom stereocenters. The van der Waals surface area contributed by atoms with Crippen molar-refractivity contribution in [2.45, 2.75) is 23.7 Å². The molecule has 0 bridgehead atoms. The second-order valence-corrected chi connectivity index (χ2v) is 8.26. The van der Waals surface area contributed by atoms with Gasteiger partial charge in [0.2, 0.25) is 10.0 Å². The van der Waals surface area contributed by atoms with Gasteiger partial charge in [-0.3, -0.25) is 4.79 Å². The van der Waals surface area contributed by atoms with Crippen molar-refractivity contribution in [2.75, 3.05) is 7.11 Å². The van der Waals surface area contributed by atoms with Crippen molar-refractivity contribution in [2.24, 2.45) is 0 Å². The van der Waals surface area contributed by atoms with Crippen molar-refractivity contribution in [1.82, 2.24) is 4.72 Å². The Bertz CT molecular complexity index is 961. The van der Waals surface area contributed by atoms with Gasteiger partial charge < -0.3 is 9.47 Å². The van der Waals surface area contributed by atoms with E-state index in [-0.39, 0.29) is 21.4 Å². The van der Waals surface area contributed by atoms with Crippen LogP contribution in [0.25, 0.3) is 0 Å². The van der Waals surface area contributed by atoms with Crippen LogP contribution in [0.2, 0.25) is 10.0 Å². The molecule has 1 N–H and O–H groups in total. The fraction of sp³-hybridized carbons (Fsp3) is 0.235. The maximum Gasteiger partial charge on any atom is 0.573 e. The number of carbonyl (C=O) groups is 1. The Morgan fingerprint density at radius 1 is 1.10 bits per heavy atom. The van der Waals surface area contributed by atoms with Gasteiger partial charge in [-0.25, -0.2) is 13.1 Å². The SMILES string of the molecule is COC(=O)C[C@H](NS(=O)(=O)c1ccc(OC(F)(F)F)cc1)c1cc(Cl)cc(Cl)c1. The first-order chi connectivity index (χ1) is 13.4. The lowest BCUT2D eigenvalue weighted by molar-refractivity contribution is -0.274. The molecule has 0 saturated heterocycles. The summed E-state index contributed by atoms with van der Waals surface area (Å²) in [6.07, 6.45) is -5.28. The number of esters is 1. The zero-order chi connectivity index (χ0) is 21.8. The molecule has 0 fully saturated rings. The lowest BCUT2D eigenvalue weighted by atomic mass is 10.1. The minimum atomic E-state index is -4.91. The second kappa shape index (κ2) is 9.21. The van der Waals surface area contributed by atoms with Gasteiger partial charge in [0.15, 0.2) is 0 Å². The van der Waals surface area contributed by atoms with Crippen LogP contribution in [-0.4, -0.2) is 27.9 Å². The molecule has 0 saturated carbocycles. The molecule has 0 aliphatic rings. The number of sulfonamides is 1. The highest BCUT2D eigenvalue weighted by Crippen LogP contribution is 2.28. The molecular weight excluding hydrogens is 458 g/mol. The van der Waals surface area contributed by atoms with Crippen LogP contribution in [0.4, 0.5) is 13.2 Å². The molecule has 6 nitrogen and oxygen atoms in total. The van der Waals surface area contributed by atoms with Crippen molar-refractivity contribution >= 4 is 39.2 Å². The first kappa shape index (κ1) is 23.3. The van der Waals surface area contributed by atoms with Gasteiger partial charge in [0.25, 0.3) is 0 Å². The van der Waals surface area contributed by atoms with Gasteiger partial charge in [-0.15, -0.1) is 13.2 Å².